The quantitative estimate of drug-likeness (QED) is 0.777. The number of likely N-dealkylation sites (tertiary alicyclic amines) is 1. The van der Waals surface area contributed by atoms with Crippen LogP contribution >= 0.6 is 0 Å². The van der Waals surface area contributed by atoms with Crippen molar-refractivity contribution < 1.29 is 4.79 Å². The lowest BCUT2D eigenvalue weighted by atomic mass is 9.88. The molecule has 0 aliphatic carbocycles. The van der Waals surface area contributed by atoms with Crippen LogP contribution in [-0.4, -0.2) is 62.7 Å². The molecule has 0 bridgehead atoms. The number of aromatic nitrogens is 3. The van der Waals surface area contributed by atoms with Gasteiger partial charge in [-0.3, -0.25) is 24.3 Å². The van der Waals surface area contributed by atoms with Crippen LogP contribution in [-0.2, 0) is 24.4 Å². The minimum absolute atomic E-state index is 0.0469. The highest BCUT2D eigenvalue weighted by molar-refractivity contribution is 5.79. The van der Waals surface area contributed by atoms with E-state index in [-0.39, 0.29) is 17.9 Å². The maximum Gasteiger partial charge on any atom is 0.224 e. The third-order valence-corrected chi connectivity index (χ3v) is 7.18. The molecular weight excluding hydrogens is 400 g/mol. The molecule has 0 aromatic carbocycles. The average Bonchev–Trinajstić information content (AvgIpc) is 3.15. The molecule has 1 N–H and O–H groups in total. The van der Waals surface area contributed by atoms with Gasteiger partial charge in [0.05, 0.1) is 12.1 Å². The fraction of sp³-hybridized carbons (Fsp3) is 0.640. The number of hydrogen-bond acceptors (Lipinski definition) is 5. The molecule has 32 heavy (non-hydrogen) atoms. The van der Waals surface area contributed by atoms with Crippen LogP contribution in [0.25, 0.3) is 0 Å². The highest BCUT2D eigenvalue weighted by atomic mass is 16.1. The second-order valence-electron chi connectivity index (χ2n) is 9.30. The highest BCUT2D eigenvalue weighted by Gasteiger charge is 2.37. The Morgan fingerprint density at radius 3 is 2.69 bits per heavy atom. The summed E-state index contributed by atoms with van der Waals surface area (Å²) in [6.07, 6.45) is 11.3. The van der Waals surface area contributed by atoms with Crippen molar-refractivity contribution in [3.63, 3.8) is 0 Å². The third kappa shape index (κ3) is 5.56. The number of nitrogens with one attached hydrogen (secondary N) is 1. The smallest absolute Gasteiger partial charge is 0.224 e. The number of piperidine rings is 1. The molecule has 4 rings (SSSR count). The zero-order chi connectivity index (χ0) is 22.3. The molecule has 2 saturated heterocycles. The monoisotopic (exact) mass is 438 g/mol. The van der Waals surface area contributed by atoms with E-state index in [1.54, 1.807) is 0 Å². The number of nitrogens with zero attached hydrogens (tertiary/aromatic N) is 5. The first-order valence-electron chi connectivity index (χ1n) is 12.3. The Morgan fingerprint density at radius 2 is 1.91 bits per heavy atom. The first kappa shape index (κ1) is 22.9. The van der Waals surface area contributed by atoms with Gasteiger partial charge in [-0.1, -0.05) is 12.8 Å². The van der Waals surface area contributed by atoms with E-state index in [0.29, 0.717) is 0 Å². The fourth-order valence-corrected chi connectivity index (χ4v) is 5.24. The van der Waals surface area contributed by atoms with E-state index in [1.807, 2.05) is 18.6 Å². The molecular formula is C25H38N6O. The van der Waals surface area contributed by atoms with Crippen LogP contribution in [0.4, 0.5) is 0 Å². The summed E-state index contributed by atoms with van der Waals surface area (Å²) in [5.74, 6) is 0.289. The van der Waals surface area contributed by atoms with Crippen LogP contribution in [0.2, 0.25) is 0 Å². The van der Waals surface area contributed by atoms with Crippen molar-refractivity contribution in [2.45, 2.75) is 71.6 Å². The summed E-state index contributed by atoms with van der Waals surface area (Å²) in [7, 11) is 0. The summed E-state index contributed by atoms with van der Waals surface area (Å²) < 4.78 is 2.07. The SMILES string of the molecule is CCn1ncc(CN2CC[C@@H]3C(=O)NCCCCCCN(Cc4ccncc4)[C@@H]3C2)c1C. The summed E-state index contributed by atoms with van der Waals surface area (Å²) in [5, 5.41) is 7.78. The number of aryl methyl sites for hydroxylation is 1. The minimum atomic E-state index is 0.0469. The second-order valence-corrected chi connectivity index (χ2v) is 9.30. The number of amides is 1. The molecule has 2 aliphatic heterocycles. The van der Waals surface area contributed by atoms with Gasteiger partial charge in [-0.25, -0.2) is 0 Å². The molecule has 2 fully saturated rings. The van der Waals surface area contributed by atoms with E-state index in [2.05, 4.69) is 55.9 Å². The van der Waals surface area contributed by atoms with Crippen LogP contribution in [0.3, 0.4) is 0 Å². The maximum absolute atomic E-state index is 13.2. The normalized spacial score (nSPS) is 23.9. The van der Waals surface area contributed by atoms with Crippen LogP contribution < -0.4 is 5.32 Å². The Hall–Kier alpha value is -2.25. The van der Waals surface area contributed by atoms with E-state index in [9.17, 15) is 4.79 Å². The molecule has 0 unspecified atom stereocenters. The predicted octanol–water partition coefficient (Wildman–Crippen LogP) is 2.99. The van der Waals surface area contributed by atoms with E-state index in [0.717, 1.165) is 58.7 Å². The molecule has 174 valence electrons. The fourth-order valence-electron chi connectivity index (χ4n) is 5.24. The lowest BCUT2D eigenvalue weighted by molar-refractivity contribution is -0.129. The molecule has 0 radical (unpaired) electrons. The number of hydrogen-bond donors (Lipinski definition) is 1. The number of rotatable bonds is 5. The van der Waals surface area contributed by atoms with Crippen LogP contribution in [0, 0.1) is 12.8 Å². The molecule has 0 spiro atoms. The highest BCUT2D eigenvalue weighted by Crippen LogP contribution is 2.27. The Labute approximate surface area is 192 Å². The standard InChI is InChI=1S/C25H38N6O/c1-3-31-20(2)22(16-28-31)18-29-15-10-23-24(19-29)30(17-21-8-12-26-13-9-21)14-7-5-4-6-11-27-25(23)32/h8-9,12-13,16,23-24H,3-7,10-11,14-15,17-19H2,1-2H3,(H,27,32)/t23-,24+/m0/s1. The molecule has 4 heterocycles. The van der Waals surface area contributed by atoms with Crippen LogP contribution in [0.15, 0.2) is 30.7 Å². The van der Waals surface area contributed by atoms with Gasteiger partial charge in [0, 0.05) is 62.4 Å². The van der Waals surface area contributed by atoms with Crippen LogP contribution in [0.5, 0.6) is 0 Å². The molecule has 0 saturated carbocycles. The Bertz CT molecular complexity index is 867. The van der Waals surface area contributed by atoms with Gasteiger partial charge in [-0.15, -0.1) is 0 Å². The van der Waals surface area contributed by atoms with Crippen LogP contribution in [0.1, 0.15) is 55.8 Å². The summed E-state index contributed by atoms with van der Waals surface area (Å²) in [6, 6.07) is 4.42. The Kier molecular flexibility index (Phi) is 7.92. The van der Waals surface area contributed by atoms with E-state index < -0.39 is 0 Å². The lowest BCUT2D eigenvalue weighted by Gasteiger charge is -2.43. The van der Waals surface area contributed by atoms with Crippen molar-refractivity contribution in [2.24, 2.45) is 5.92 Å². The van der Waals surface area contributed by atoms with Gasteiger partial charge < -0.3 is 5.32 Å². The summed E-state index contributed by atoms with van der Waals surface area (Å²) >= 11 is 0. The van der Waals surface area contributed by atoms with E-state index >= 15 is 0 Å². The van der Waals surface area contributed by atoms with Gasteiger partial charge >= 0.3 is 0 Å². The van der Waals surface area contributed by atoms with Crippen molar-refractivity contribution in [1.82, 2.24) is 29.9 Å². The van der Waals surface area contributed by atoms with Gasteiger partial charge in [0.2, 0.25) is 5.91 Å². The molecule has 2 aromatic heterocycles. The molecule has 1 amide bonds. The van der Waals surface area contributed by atoms with Gasteiger partial charge in [0.25, 0.3) is 0 Å². The van der Waals surface area contributed by atoms with E-state index in [1.165, 1.54) is 36.1 Å². The number of carbonyl (C=O) groups excluding carboxylic acids is 1. The Balaban J connectivity index is 1.55. The van der Waals surface area contributed by atoms with Crippen molar-refractivity contribution in [1.29, 1.82) is 0 Å². The number of fused-ring (bicyclic) bond motifs is 1. The summed E-state index contributed by atoms with van der Waals surface area (Å²) in [6.45, 7) is 10.7. The van der Waals surface area contributed by atoms with Crippen molar-refractivity contribution in [3.05, 3.63) is 47.5 Å². The van der Waals surface area contributed by atoms with Crippen molar-refractivity contribution >= 4 is 5.91 Å². The largest absolute Gasteiger partial charge is 0.356 e. The van der Waals surface area contributed by atoms with Gasteiger partial charge in [0.1, 0.15) is 0 Å². The first-order valence-corrected chi connectivity index (χ1v) is 12.3. The molecule has 2 aromatic rings. The topological polar surface area (TPSA) is 66.3 Å². The third-order valence-electron chi connectivity index (χ3n) is 7.18. The van der Waals surface area contributed by atoms with Gasteiger partial charge in [0.15, 0.2) is 0 Å². The van der Waals surface area contributed by atoms with E-state index in [4.69, 9.17) is 0 Å². The predicted molar refractivity (Wildman–Crippen MR) is 126 cm³/mol. The van der Waals surface area contributed by atoms with Gasteiger partial charge in [-0.2, -0.15) is 5.10 Å². The van der Waals surface area contributed by atoms with Gasteiger partial charge in [-0.05, 0) is 63.9 Å². The zero-order valence-corrected chi connectivity index (χ0v) is 19.7. The Morgan fingerprint density at radius 1 is 1.09 bits per heavy atom. The first-order chi connectivity index (χ1) is 15.7. The molecule has 2 atom stereocenters. The minimum Gasteiger partial charge on any atom is -0.356 e. The molecule has 7 heteroatoms. The van der Waals surface area contributed by atoms with Crippen molar-refractivity contribution in [3.8, 4) is 0 Å². The molecule has 7 nitrogen and oxygen atoms in total. The second kappa shape index (κ2) is 11.1. The van der Waals surface area contributed by atoms with Crippen molar-refractivity contribution in [2.75, 3.05) is 26.2 Å². The zero-order valence-electron chi connectivity index (χ0n) is 19.7. The average molecular weight is 439 g/mol. The lowest BCUT2D eigenvalue weighted by Crippen LogP contribution is -2.56. The number of pyridine rings is 1. The molecule has 2 aliphatic rings. The summed E-state index contributed by atoms with van der Waals surface area (Å²) in [5.41, 5.74) is 3.82. The number of carbonyl (C=O) groups is 1. The summed E-state index contributed by atoms with van der Waals surface area (Å²) in [4.78, 5) is 22.4. The maximum atomic E-state index is 13.2.